The molecule has 0 aliphatic heterocycles. The Morgan fingerprint density at radius 2 is 1.94 bits per heavy atom. The van der Waals surface area contributed by atoms with Gasteiger partial charge in [-0.25, -0.2) is 4.79 Å². The van der Waals surface area contributed by atoms with E-state index in [1.165, 1.54) is 0 Å². The first-order chi connectivity index (χ1) is 8.66. The molecule has 2 rings (SSSR count). The monoisotopic (exact) mass is 311 g/mol. The average Bonchev–Trinajstić information content (AvgIpc) is 3.17. The maximum atomic E-state index is 11.6. The Hall–Kier alpha value is -1.36. The zero-order chi connectivity index (χ0) is 13.0. The van der Waals surface area contributed by atoms with Gasteiger partial charge in [-0.05, 0) is 18.4 Å². The third-order valence-corrected chi connectivity index (χ3v) is 3.47. The van der Waals surface area contributed by atoms with Crippen molar-refractivity contribution in [2.45, 2.75) is 25.0 Å². The van der Waals surface area contributed by atoms with Crippen molar-refractivity contribution < 1.29 is 14.3 Å². The number of benzene rings is 1. The van der Waals surface area contributed by atoms with Gasteiger partial charge in [0.25, 0.3) is 0 Å². The number of rotatable bonds is 5. The second-order valence-electron chi connectivity index (χ2n) is 4.33. The molecule has 1 saturated carbocycles. The molecule has 0 saturated heterocycles. The maximum Gasteiger partial charge on any atom is 0.408 e. The summed E-state index contributed by atoms with van der Waals surface area (Å²) in [7, 11) is 0. The van der Waals surface area contributed by atoms with Crippen LogP contribution >= 0.6 is 15.9 Å². The van der Waals surface area contributed by atoms with Gasteiger partial charge in [0.2, 0.25) is 0 Å². The second kappa shape index (κ2) is 5.52. The number of ketones is 1. The molecular formula is C13H14BrNO3. The number of ether oxygens (including phenoxy) is 1. The minimum absolute atomic E-state index is 0.000777. The number of carbonyl (C=O) groups is 2. The fourth-order valence-corrected chi connectivity index (χ4v) is 2.22. The van der Waals surface area contributed by atoms with E-state index >= 15 is 0 Å². The zero-order valence-corrected chi connectivity index (χ0v) is 11.4. The van der Waals surface area contributed by atoms with Gasteiger partial charge in [-0.1, -0.05) is 46.3 Å². The van der Waals surface area contributed by atoms with Crippen molar-refractivity contribution in [3.05, 3.63) is 35.9 Å². The van der Waals surface area contributed by atoms with Crippen molar-refractivity contribution in [2.24, 2.45) is 0 Å². The van der Waals surface area contributed by atoms with Gasteiger partial charge >= 0.3 is 6.09 Å². The SMILES string of the molecule is O=C(NC1(C(=O)CBr)CC1)OCc1ccccc1. The van der Waals surface area contributed by atoms with Crippen LogP contribution < -0.4 is 5.32 Å². The molecule has 1 aromatic rings. The van der Waals surface area contributed by atoms with Gasteiger partial charge in [-0.2, -0.15) is 0 Å². The summed E-state index contributed by atoms with van der Waals surface area (Å²) in [4.78, 5) is 23.2. The number of amides is 1. The zero-order valence-electron chi connectivity index (χ0n) is 9.82. The molecule has 0 radical (unpaired) electrons. The minimum atomic E-state index is -0.683. The molecule has 18 heavy (non-hydrogen) atoms. The largest absolute Gasteiger partial charge is 0.445 e. The van der Waals surface area contributed by atoms with Crippen LogP contribution in [-0.4, -0.2) is 22.7 Å². The number of hydrogen-bond donors (Lipinski definition) is 1. The van der Waals surface area contributed by atoms with Crippen LogP contribution in [0, 0.1) is 0 Å². The fourth-order valence-electron chi connectivity index (χ4n) is 1.68. The topological polar surface area (TPSA) is 55.4 Å². The van der Waals surface area contributed by atoms with E-state index in [0.29, 0.717) is 12.8 Å². The first kappa shape index (κ1) is 13.1. The van der Waals surface area contributed by atoms with Crippen LogP contribution in [0.4, 0.5) is 4.79 Å². The molecule has 0 aromatic heterocycles. The number of halogens is 1. The molecule has 1 aliphatic carbocycles. The number of Topliss-reactive ketones (excluding diaryl/α,β-unsaturated/α-hetero) is 1. The number of alkyl halides is 1. The maximum absolute atomic E-state index is 11.6. The molecule has 0 spiro atoms. The van der Waals surface area contributed by atoms with E-state index in [2.05, 4.69) is 21.2 Å². The lowest BCUT2D eigenvalue weighted by molar-refractivity contribution is -0.119. The van der Waals surface area contributed by atoms with Crippen LogP contribution in [0.3, 0.4) is 0 Å². The van der Waals surface area contributed by atoms with E-state index in [4.69, 9.17) is 4.74 Å². The second-order valence-corrected chi connectivity index (χ2v) is 4.89. The highest BCUT2D eigenvalue weighted by Gasteiger charge is 2.50. The first-order valence-corrected chi connectivity index (χ1v) is 6.86. The van der Waals surface area contributed by atoms with Crippen LogP contribution in [0.25, 0.3) is 0 Å². The van der Waals surface area contributed by atoms with Crippen molar-refractivity contribution >= 4 is 27.8 Å². The molecule has 1 fully saturated rings. The normalized spacial score (nSPS) is 15.8. The molecule has 1 aromatic carbocycles. The molecule has 4 nitrogen and oxygen atoms in total. The Morgan fingerprint density at radius 3 is 2.50 bits per heavy atom. The molecule has 1 N–H and O–H groups in total. The van der Waals surface area contributed by atoms with Crippen LogP contribution in [-0.2, 0) is 16.1 Å². The lowest BCUT2D eigenvalue weighted by atomic mass is 10.2. The molecular weight excluding hydrogens is 298 g/mol. The average molecular weight is 312 g/mol. The molecule has 0 unspecified atom stereocenters. The van der Waals surface area contributed by atoms with Crippen LogP contribution in [0.2, 0.25) is 0 Å². The summed E-state index contributed by atoms with van der Waals surface area (Å²) in [6.45, 7) is 0.214. The summed E-state index contributed by atoms with van der Waals surface area (Å²) in [5, 5.41) is 2.90. The van der Waals surface area contributed by atoms with Gasteiger partial charge in [0, 0.05) is 0 Å². The highest BCUT2D eigenvalue weighted by molar-refractivity contribution is 9.09. The molecule has 0 atom stereocenters. The number of nitrogens with one attached hydrogen (secondary N) is 1. The van der Waals surface area contributed by atoms with Gasteiger partial charge < -0.3 is 10.1 Å². The van der Waals surface area contributed by atoms with Crippen molar-refractivity contribution in [3.63, 3.8) is 0 Å². The Balaban J connectivity index is 1.81. The molecule has 96 valence electrons. The van der Waals surface area contributed by atoms with Gasteiger partial charge in [-0.15, -0.1) is 0 Å². The molecule has 5 heteroatoms. The Labute approximate surface area is 114 Å². The molecule has 1 aliphatic rings. The highest BCUT2D eigenvalue weighted by atomic mass is 79.9. The van der Waals surface area contributed by atoms with Gasteiger partial charge in [0.05, 0.1) is 5.33 Å². The predicted molar refractivity (Wildman–Crippen MR) is 70.5 cm³/mol. The number of alkyl carbamates (subject to hydrolysis) is 1. The summed E-state index contributed by atoms with van der Waals surface area (Å²) in [5.74, 6) is -0.000777. The van der Waals surface area contributed by atoms with Gasteiger partial charge in [-0.3, -0.25) is 4.79 Å². The van der Waals surface area contributed by atoms with E-state index in [-0.39, 0.29) is 17.7 Å². The number of carbonyl (C=O) groups excluding carboxylic acids is 2. The van der Waals surface area contributed by atoms with E-state index < -0.39 is 11.6 Å². The Bertz CT molecular complexity index is 443. The minimum Gasteiger partial charge on any atom is -0.445 e. The van der Waals surface area contributed by atoms with E-state index in [1.54, 1.807) is 0 Å². The summed E-state index contributed by atoms with van der Waals surface area (Å²) < 4.78 is 5.08. The molecule has 1 amide bonds. The van der Waals surface area contributed by atoms with Crippen molar-refractivity contribution in [2.75, 3.05) is 5.33 Å². The van der Waals surface area contributed by atoms with Gasteiger partial charge in [0.15, 0.2) is 5.78 Å². The lowest BCUT2D eigenvalue weighted by Crippen LogP contribution is -2.43. The summed E-state index contributed by atoms with van der Waals surface area (Å²) in [5.41, 5.74) is 0.237. The standard InChI is InChI=1S/C13H14BrNO3/c14-8-11(16)13(6-7-13)15-12(17)18-9-10-4-2-1-3-5-10/h1-5H,6-9H2,(H,15,17). The summed E-state index contributed by atoms with van der Waals surface area (Å²) in [6.07, 6.45) is 0.848. The third kappa shape index (κ3) is 3.10. The van der Waals surface area contributed by atoms with Crippen molar-refractivity contribution in [3.8, 4) is 0 Å². The van der Waals surface area contributed by atoms with E-state index in [9.17, 15) is 9.59 Å². The van der Waals surface area contributed by atoms with Crippen LogP contribution in [0.1, 0.15) is 18.4 Å². The van der Waals surface area contributed by atoms with Crippen LogP contribution in [0.15, 0.2) is 30.3 Å². The summed E-state index contributed by atoms with van der Waals surface area (Å²) >= 11 is 3.11. The predicted octanol–water partition coefficient (Wildman–Crippen LogP) is 2.41. The van der Waals surface area contributed by atoms with Crippen LogP contribution in [0.5, 0.6) is 0 Å². The van der Waals surface area contributed by atoms with Crippen molar-refractivity contribution in [1.82, 2.24) is 5.32 Å². The quantitative estimate of drug-likeness (QED) is 0.850. The third-order valence-electron chi connectivity index (χ3n) is 2.96. The van der Waals surface area contributed by atoms with E-state index in [0.717, 1.165) is 5.56 Å². The van der Waals surface area contributed by atoms with Crippen molar-refractivity contribution in [1.29, 1.82) is 0 Å². The Kier molecular flexibility index (Phi) is 4.01. The molecule has 0 bridgehead atoms. The lowest BCUT2D eigenvalue weighted by Gasteiger charge is -2.14. The summed E-state index contributed by atoms with van der Waals surface area (Å²) in [6, 6.07) is 9.42. The molecule has 0 heterocycles. The highest BCUT2D eigenvalue weighted by Crippen LogP contribution is 2.36. The number of hydrogen-bond acceptors (Lipinski definition) is 3. The Morgan fingerprint density at radius 1 is 1.28 bits per heavy atom. The smallest absolute Gasteiger partial charge is 0.408 e. The van der Waals surface area contributed by atoms with Gasteiger partial charge in [0.1, 0.15) is 12.1 Å². The van der Waals surface area contributed by atoms with E-state index in [1.807, 2.05) is 30.3 Å². The first-order valence-electron chi connectivity index (χ1n) is 5.74. The fraction of sp³-hybridized carbons (Fsp3) is 0.385.